The molecule has 0 radical (unpaired) electrons. The van der Waals surface area contributed by atoms with Gasteiger partial charge >= 0.3 is 0 Å². The van der Waals surface area contributed by atoms with E-state index in [9.17, 15) is 0 Å². The van der Waals surface area contributed by atoms with Crippen LogP contribution in [0.25, 0.3) is 22.3 Å². The van der Waals surface area contributed by atoms with Crippen LogP contribution in [0, 0.1) is 0 Å². The second kappa shape index (κ2) is 18.4. The summed E-state index contributed by atoms with van der Waals surface area (Å²) in [4.78, 5) is 8.14. The van der Waals surface area contributed by atoms with Gasteiger partial charge < -0.3 is 14.7 Å². The van der Waals surface area contributed by atoms with Crippen LogP contribution in [-0.4, -0.2) is 12.3 Å². The molecule has 1 fully saturated rings. The summed E-state index contributed by atoms with van der Waals surface area (Å²) in [6, 6.07) is 66.6. The second-order valence-electron chi connectivity index (χ2n) is 28.1. The minimum atomic E-state index is -0.158. The van der Waals surface area contributed by atoms with Crippen molar-refractivity contribution in [2.24, 2.45) is 0 Å². The predicted molar refractivity (Wildman–Crippen MR) is 338 cm³/mol. The Labute approximate surface area is 468 Å². The molecule has 0 saturated heterocycles. The standard InChI is InChI=1S/C74H82BN3/c1-69(2,3)52-30-34-56(35-31-52)76-65-48-57(78-63-40-33-54(71(7,8)9)45-59(63)73(13)41-23-15-16-24-42-74(73,78)14)36-37-60(65)75-61-43-51(49-25-19-17-20-26-49)29-38-64(61)77(67-47-55(72(10,11)12)46-66(76)68(67)75)62-39-32-53(70(4,5)6)44-58(62)50-27-21-18-22-28-50/h17-22,25-40,43-48H,15-16,23-24,41-42H2,1-14H3. The fraction of sp³-hybridized carbons (Fsp3) is 0.351. The third kappa shape index (κ3) is 8.45. The number of anilines is 8. The van der Waals surface area contributed by atoms with Crippen molar-refractivity contribution < 1.29 is 0 Å². The minimum Gasteiger partial charge on any atom is -0.334 e. The lowest BCUT2D eigenvalue weighted by molar-refractivity contribution is 0.217. The zero-order valence-electron chi connectivity index (χ0n) is 49.3. The van der Waals surface area contributed by atoms with Crippen molar-refractivity contribution in [3.63, 3.8) is 0 Å². The van der Waals surface area contributed by atoms with Gasteiger partial charge in [0, 0.05) is 50.8 Å². The topological polar surface area (TPSA) is 9.72 Å². The largest absolute Gasteiger partial charge is 0.334 e. The summed E-state index contributed by atoms with van der Waals surface area (Å²) in [5.74, 6) is 0. The summed E-state index contributed by atoms with van der Waals surface area (Å²) in [5.41, 5.74) is 25.6. The fourth-order valence-corrected chi connectivity index (χ4v) is 14.0. The minimum absolute atomic E-state index is 0.0112. The van der Waals surface area contributed by atoms with Crippen LogP contribution in [0.4, 0.5) is 45.5 Å². The third-order valence-corrected chi connectivity index (χ3v) is 18.9. The van der Waals surface area contributed by atoms with Gasteiger partial charge in [0.15, 0.2) is 0 Å². The van der Waals surface area contributed by atoms with E-state index in [-0.39, 0.29) is 39.3 Å². The second-order valence-corrected chi connectivity index (χ2v) is 28.1. The lowest BCUT2D eigenvalue weighted by Crippen LogP contribution is -2.61. The van der Waals surface area contributed by atoms with Gasteiger partial charge in [0.1, 0.15) is 0 Å². The lowest BCUT2D eigenvalue weighted by atomic mass is 9.33. The molecule has 2 atom stereocenters. The average molecular weight is 1020 g/mol. The van der Waals surface area contributed by atoms with E-state index in [0.717, 1.165) is 6.42 Å². The van der Waals surface area contributed by atoms with Crippen LogP contribution >= 0.6 is 0 Å². The highest BCUT2D eigenvalue weighted by atomic mass is 15.3. The molecule has 1 aliphatic carbocycles. The molecule has 0 bridgehead atoms. The van der Waals surface area contributed by atoms with Gasteiger partial charge in [0.25, 0.3) is 6.71 Å². The number of fused-ring (bicyclic) bond motifs is 7. The predicted octanol–water partition coefficient (Wildman–Crippen LogP) is 18.8. The first-order chi connectivity index (χ1) is 37.0. The lowest BCUT2D eigenvalue weighted by Gasteiger charge is -2.49. The van der Waals surface area contributed by atoms with Crippen molar-refractivity contribution in [3.8, 4) is 22.3 Å². The highest BCUT2D eigenvalue weighted by Crippen LogP contribution is 2.61. The van der Waals surface area contributed by atoms with E-state index in [2.05, 4.69) is 281 Å². The van der Waals surface area contributed by atoms with E-state index < -0.39 is 0 Å². The molecule has 1 saturated carbocycles. The van der Waals surface area contributed by atoms with Crippen molar-refractivity contribution in [1.82, 2.24) is 0 Å². The Morgan fingerprint density at radius 1 is 0.372 bits per heavy atom. The summed E-state index contributed by atoms with van der Waals surface area (Å²) in [7, 11) is 0. The van der Waals surface area contributed by atoms with Crippen molar-refractivity contribution in [2.75, 3.05) is 14.7 Å². The van der Waals surface area contributed by atoms with Crippen LogP contribution in [0.2, 0.25) is 0 Å². The molecular weight excluding hydrogens is 942 g/mol. The Morgan fingerprint density at radius 2 is 0.910 bits per heavy atom. The fourth-order valence-electron chi connectivity index (χ4n) is 14.0. The Balaban J connectivity index is 1.18. The van der Waals surface area contributed by atoms with Gasteiger partial charge in [-0.1, -0.05) is 225 Å². The Hall–Kier alpha value is -6.78. The van der Waals surface area contributed by atoms with Crippen LogP contribution in [-0.2, 0) is 27.1 Å². The highest BCUT2D eigenvalue weighted by Gasteiger charge is 2.57. The van der Waals surface area contributed by atoms with E-state index in [0.29, 0.717) is 0 Å². The molecule has 12 rings (SSSR count). The first-order valence-corrected chi connectivity index (χ1v) is 29.3. The quantitative estimate of drug-likeness (QED) is 0.159. The monoisotopic (exact) mass is 1020 g/mol. The van der Waals surface area contributed by atoms with Crippen LogP contribution < -0.4 is 31.1 Å². The van der Waals surface area contributed by atoms with Crippen LogP contribution in [0.15, 0.2) is 170 Å². The van der Waals surface area contributed by atoms with E-state index in [1.165, 1.54) is 144 Å². The summed E-state index contributed by atoms with van der Waals surface area (Å²) >= 11 is 0. The molecule has 0 N–H and O–H groups in total. The van der Waals surface area contributed by atoms with Crippen molar-refractivity contribution in [2.45, 2.75) is 168 Å². The maximum atomic E-state index is 2.82. The molecule has 8 aromatic carbocycles. The zero-order chi connectivity index (χ0) is 54.9. The van der Waals surface area contributed by atoms with Crippen LogP contribution in [0.5, 0.6) is 0 Å². The maximum Gasteiger partial charge on any atom is 0.252 e. The molecule has 0 amide bonds. The first-order valence-electron chi connectivity index (χ1n) is 29.3. The molecule has 3 heterocycles. The number of benzene rings is 8. The molecule has 2 unspecified atom stereocenters. The summed E-state index contributed by atoms with van der Waals surface area (Å²) in [6.45, 7) is 33.4. The SMILES string of the molecule is CC(C)(C)c1ccc(N2c3cc(N4c5ccc(C(C)(C)C)cc5C5(C)CCCCCCC45C)ccc3B3c4cc(-c5ccccc5)ccc4N(c4ccc(C(C)(C)C)cc4-c4ccccc4)c4cc(C(C)(C)C)cc2c43)cc1. The van der Waals surface area contributed by atoms with Crippen molar-refractivity contribution in [1.29, 1.82) is 0 Å². The van der Waals surface area contributed by atoms with Gasteiger partial charge in [0.05, 0.1) is 11.2 Å². The number of hydrogen-bond acceptors (Lipinski definition) is 3. The van der Waals surface area contributed by atoms with Gasteiger partial charge in [-0.25, -0.2) is 0 Å². The number of hydrogen-bond donors (Lipinski definition) is 0. The van der Waals surface area contributed by atoms with E-state index >= 15 is 0 Å². The maximum absolute atomic E-state index is 2.82. The average Bonchev–Trinajstić information content (AvgIpc) is 3.66. The van der Waals surface area contributed by atoms with E-state index in [4.69, 9.17) is 0 Å². The summed E-state index contributed by atoms with van der Waals surface area (Å²) in [6.07, 6.45) is 7.42. The Kier molecular flexibility index (Phi) is 12.3. The molecule has 78 heavy (non-hydrogen) atoms. The molecule has 4 aliphatic rings. The van der Waals surface area contributed by atoms with Gasteiger partial charge in [-0.3, -0.25) is 0 Å². The van der Waals surface area contributed by atoms with E-state index in [1.54, 1.807) is 0 Å². The Morgan fingerprint density at radius 3 is 1.54 bits per heavy atom. The van der Waals surface area contributed by atoms with Crippen molar-refractivity contribution in [3.05, 3.63) is 198 Å². The van der Waals surface area contributed by atoms with Gasteiger partial charge in [0.2, 0.25) is 0 Å². The molecule has 8 aromatic rings. The third-order valence-electron chi connectivity index (χ3n) is 18.9. The number of nitrogens with zero attached hydrogens (tertiary/aromatic N) is 3. The molecular formula is C74H82BN3. The smallest absolute Gasteiger partial charge is 0.252 e. The highest BCUT2D eigenvalue weighted by molar-refractivity contribution is 7.00. The van der Waals surface area contributed by atoms with Crippen LogP contribution in [0.1, 0.15) is 163 Å². The van der Waals surface area contributed by atoms with Gasteiger partial charge in [-0.15, -0.1) is 0 Å². The summed E-state index contributed by atoms with van der Waals surface area (Å²) < 4.78 is 0. The molecule has 3 nitrogen and oxygen atoms in total. The number of rotatable bonds is 5. The first kappa shape index (κ1) is 52.0. The normalized spacial score (nSPS) is 19.1. The van der Waals surface area contributed by atoms with E-state index in [1.807, 2.05) is 0 Å². The van der Waals surface area contributed by atoms with Crippen LogP contribution in [0.3, 0.4) is 0 Å². The van der Waals surface area contributed by atoms with Crippen molar-refractivity contribution >= 4 is 68.6 Å². The molecule has 0 spiro atoms. The Bertz CT molecular complexity index is 3600. The molecule has 0 aromatic heterocycles. The zero-order valence-corrected chi connectivity index (χ0v) is 49.3. The summed E-state index contributed by atoms with van der Waals surface area (Å²) in [5, 5.41) is 0. The van der Waals surface area contributed by atoms with Gasteiger partial charge in [-0.05, 0) is 163 Å². The van der Waals surface area contributed by atoms with Gasteiger partial charge in [-0.2, -0.15) is 0 Å². The molecule has 396 valence electrons. The molecule has 3 aliphatic heterocycles. The molecule has 4 heteroatoms.